The number of rotatable bonds is 8. The lowest BCUT2D eigenvalue weighted by Crippen LogP contribution is -2.23. The molecule has 0 spiro atoms. The Hall–Kier alpha value is -0.950. The molecule has 1 aromatic rings. The highest BCUT2D eigenvalue weighted by Crippen LogP contribution is 2.33. The molecule has 0 fully saturated rings. The largest absolute Gasteiger partial charge is 0.573 e. The van der Waals surface area contributed by atoms with Gasteiger partial charge in [-0.2, -0.15) is 0 Å². The van der Waals surface area contributed by atoms with E-state index in [0.717, 1.165) is 13.0 Å². The van der Waals surface area contributed by atoms with Crippen LogP contribution in [0.25, 0.3) is 0 Å². The van der Waals surface area contributed by atoms with Gasteiger partial charge in [-0.05, 0) is 53.0 Å². The minimum atomic E-state index is -4.70. The first-order valence-corrected chi connectivity index (χ1v) is 7.46. The Morgan fingerprint density at radius 3 is 2.52 bits per heavy atom. The summed E-state index contributed by atoms with van der Waals surface area (Å²) in [6.45, 7) is 6.36. The average Bonchev–Trinajstić information content (AvgIpc) is 2.35. The molecule has 1 N–H and O–H groups in total. The van der Waals surface area contributed by atoms with Crippen molar-refractivity contribution < 1.29 is 22.6 Å². The van der Waals surface area contributed by atoms with Gasteiger partial charge in [-0.15, -0.1) is 13.2 Å². The summed E-state index contributed by atoms with van der Waals surface area (Å²) in [6, 6.07) is 4.12. The molecule has 0 heterocycles. The lowest BCUT2D eigenvalue weighted by molar-refractivity contribution is -0.274. The molecule has 0 amide bonds. The molecule has 0 unspecified atom stereocenters. The van der Waals surface area contributed by atoms with E-state index in [-0.39, 0.29) is 10.2 Å². The van der Waals surface area contributed by atoms with Crippen molar-refractivity contribution in [3.63, 3.8) is 0 Å². The van der Waals surface area contributed by atoms with Gasteiger partial charge in [0, 0.05) is 6.54 Å². The van der Waals surface area contributed by atoms with Gasteiger partial charge >= 0.3 is 6.36 Å². The molecule has 7 heteroatoms. The van der Waals surface area contributed by atoms with Crippen LogP contribution in [-0.4, -0.2) is 26.1 Å². The van der Waals surface area contributed by atoms with Crippen molar-refractivity contribution in [2.24, 2.45) is 5.92 Å². The lowest BCUT2D eigenvalue weighted by atomic mass is 10.1. The van der Waals surface area contributed by atoms with Crippen LogP contribution in [0.2, 0.25) is 0 Å². The van der Waals surface area contributed by atoms with Gasteiger partial charge in [0.25, 0.3) is 0 Å². The number of halogens is 4. The number of nitrogens with one attached hydrogen (secondary N) is 1. The van der Waals surface area contributed by atoms with E-state index in [2.05, 4.69) is 39.8 Å². The number of benzene rings is 1. The van der Waals surface area contributed by atoms with Crippen LogP contribution in [0.15, 0.2) is 22.7 Å². The highest BCUT2D eigenvalue weighted by atomic mass is 79.9. The zero-order chi connectivity index (χ0) is 15.9. The van der Waals surface area contributed by atoms with Crippen molar-refractivity contribution in [2.45, 2.75) is 26.6 Å². The molecule has 0 atom stereocenters. The Balaban J connectivity index is 2.35. The first-order chi connectivity index (χ1) is 9.78. The van der Waals surface area contributed by atoms with Crippen LogP contribution < -0.4 is 14.8 Å². The maximum Gasteiger partial charge on any atom is 0.573 e. The fourth-order valence-electron chi connectivity index (χ4n) is 1.54. The molecule has 1 rings (SSSR count). The predicted octanol–water partition coefficient (Wildman–Crippen LogP) is 4.36. The average molecular weight is 370 g/mol. The maximum atomic E-state index is 12.1. The van der Waals surface area contributed by atoms with E-state index in [1.54, 1.807) is 0 Å². The van der Waals surface area contributed by atoms with Gasteiger partial charge in [0.1, 0.15) is 18.1 Å². The molecule has 120 valence electrons. The van der Waals surface area contributed by atoms with Gasteiger partial charge in [0.15, 0.2) is 0 Å². The summed E-state index contributed by atoms with van der Waals surface area (Å²) >= 11 is 3.03. The summed E-state index contributed by atoms with van der Waals surface area (Å²) in [7, 11) is 0. The van der Waals surface area contributed by atoms with Crippen LogP contribution >= 0.6 is 15.9 Å². The fourth-order valence-corrected chi connectivity index (χ4v) is 1.97. The predicted molar refractivity (Wildman–Crippen MR) is 78.6 cm³/mol. The van der Waals surface area contributed by atoms with E-state index in [9.17, 15) is 13.2 Å². The lowest BCUT2D eigenvalue weighted by Gasteiger charge is -2.12. The molecule has 21 heavy (non-hydrogen) atoms. The second kappa shape index (κ2) is 8.48. The van der Waals surface area contributed by atoms with E-state index in [1.165, 1.54) is 18.2 Å². The molecule has 1 aromatic carbocycles. The first-order valence-electron chi connectivity index (χ1n) is 6.67. The minimum absolute atomic E-state index is 0.199. The monoisotopic (exact) mass is 369 g/mol. The van der Waals surface area contributed by atoms with Crippen molar-refractivity contribution in [1.82, 2.24) is 5.32 Å². The molecule has 0 aromatic heterocycles. The number of hydrogen-bond donors (Lipinski definition) is 1. The quantitative estimate of drug-likeness (QED) is 0.690. The van der Waals surface area contributed by atoms with Gasteiger partial charge < -0.3 is 14.8 Å². The van der Waals surface area contributed by atoms with Crippen LogP contribution in [0.4, 0.5) is 13.2 Å². The van der Waals surface area contributed by atoms with Gasteiger partial charge in [0.2, 0.25) is 0 Å². The van der Waals surface area contributed by atoms with Gasteiger partial charge in [0.05, 0.1) is 4.47 Å². The van der Waals surface area contributed by atoms with Gasteiger partial charge in [-0.3, -0.25) is 0 Å². The van der Waals surface area contributed by atoms with Crippen molar-refractivity contribution in [2.75, 3.05) is 19.7 Å². The van der Waals surface area contributed by atoms with E-state index < -0.39 is 6.36 Å². The first kappa shape index (κ1) is 18.1. The molecule has 0 saturated heterocycles. The van der Waals surface area contributed by atoms with Crippen molar-refractivity contribution in [1.29, 1.82) is 0 Å². The van der Waals surface area contributed by atoms with Crippen LogP contribution in [0.5, 0.6) is 11.5 Å². The molecule has 0 aliphatic rings. The van der Waals surface area contributed by atoms with E-state index in [0.29, 0.717) is 24.8 Å². The molecule has 0 aliphatic heterocycles. The van der Waals surface area contributed by atoms with E-state index in [4.69, 9.17) is 4.74 Å². The smallest absolute Gasteiger partial charge is 0.492 e. The topological polar surface area (TPSA) is 30.5 Å². The molecule has 0 radical (unpaired) electrons. The van der Waals surface area contributed by atoms with Crippen molar-refractivity contribution in [3.05, 3.63) is 22.7 Å². The highest BCUT2D eigenvalue weighted by Gasteiger charge is 2.31. The maximum absolute atomic E-state index is 12.1. The van der Waals surface area contributed by atoms with Crippen molar-refractivity contribution in [3.8, 4) is 11.5 Å². The minimum Gasteiger partial charge on any atom is -0.492 e. The molecular formula is C14H19BrF3NO2. The van der Waals surface area contributed by atoms with E-state index >= 15 is 0 Å². The van der Waals surface area contributed by atoms with Gasteiger partial charge in [-0.25, -0.2) is 0 Å². The zero-order valence-electron chi connectivity index (χ0n) is 12.0. The zero-order valence-corrected chi connectivity index (χ0v) is 13.6. The second-order valence-corrected chi connectivity index (χ2v) is 5.78. The molecule has 0 aliphatic carbocycles. The summed E-state index contributed by atoms with van der Waals surface area (Å²) in [5, 5.41) is 3.23. The molecule has 0 saturated carbocycles. The van der Waals surface area contributed by atoms with Crippen molar-refractivity contribution >= 4 is 15.9 Å². The Kier molecular flexibility index (Phi) is 7.31. The summed E-state index contributed by atoms with van der Waals surface area (Å²) in [5.41, 5.74) is 0. The summed E-state index contributed by atoms with van der Waals surface area (Å²) in [6.07, 6.45) is -3.61. The Morgan fingerprint density at radius 2 is 1.95 bits per heavy atom. The summed E-state index contributed by atoms with van der Waals surface area (Å²) in [4.78, 5) is 0. The third kappa shape index (κ3) is 8.16. The van der Waals surface area contributed by atoms with Gasteiger partial charge in [-0.1, -0.05) is 13.8 Å². The van der Waals surface area contributed by atoms with Crippen LogP contribution in [0.3, 0.4) is 0 Å². The SMILES string of the molecule is CC(C)CCNCCOc1ccc(OC(F)(F)F)c(Br)c1. The highest BCUT2D eigenvalue weighted by molar-refractivity contribution is 9.10. The van der Waals surface area contributed by atoms with Crippen LogP contribution in [0, 0.1) is 5.92 Å². The summed E-state index contributed by atoms with van der Waals surface area (Å²) in [5.74, 6) is 0.850. The van der Waals surface area contributed by atoms with Crippen LogP contribution in [0.1, 0.15) is 20.3 Å². The molecule has 0 bridgehead atoms. The number of ether oxygens (including phenoxy) is 2. The second-order valence-electron chi connectivity index (χ2n) is 4.92. The Morgan fingerprint density at radius 1 is 1.24 bits per heavy atom. The number of hydrogen-bond acceptors (Lipinski definition) is 3. The fraction of sp³-hybridized carbons (Fsp3) is 0.571. The normalized spacial score (nSPS) is 11.8. The summed E-state index contributed by atoms with van der Waals surface area (Å²) < 4.78 is 45.9. The Bertz CT molecular complexity index is 439. The van der Waals surface area contributed by atoms with Crippen LogP contribution in [-0.2, 0) is 0 Å². The third-order valence-electron chi connectivity index (χ3n) is 2.58. The number of alkyl halides is 3. The molecule has 3 nitrogen and oxygen atoms in total. The van der Waals surface area contributed by atoms with E-state index in [1.807, 2.05) is 0 Å². The third-order valence-corrected chi connectivity index (χ3v) is 3.19. The Labute approximate surface area is 130 Å². The molecular weight excluding hydrogens is 351 g/mol. The standard InChI is InChI=1S/C14H19BrF3NO2/c1-10(2)5-6-19-7-8-20-11-3-4-13(12(15)9-11)21-14(16,17)18/h3-4,9-10,19H,5-8H2,1-2H3.